The fourth-order valence-electron chi connectivity index (χ4n) is 2.50. The SMILES string of the molecule is CC.CC(=O)C(CS(=O)(=O)c1ccc(C)cc1)CS(=O)(=O)c1ccc(C)cc1. The van der Waals surface area contributed by atoms with E-state index >= 15 is 0 Å². The number of sulfone groups is 2. The van der Waals surface area contributed by atoms with Crippen molar-refractivity contribution < 1.29 is 21.6 Å². The maximum absolute atomic E-state index is 12.6. The molecule has 0 aliphatic carbocycles. The normalized spacial score (nSPS) is 11.6. The molecule has 7 heteroatoms. The van der Waals surface area contributed by atoms with Crippen molar-refractivity contribution in [2.45, 2.75) is 44.4 Å². The number of carbonyl (C=O) groups excluding carboxylic acids is 1. The number of benzene rings is 2. The maximum atomic E-state index is 12.6. The first-order valence-corrected chi connectivity index (χ1v) is 12.4. The zero-order valence-electron chi connectivity index (χ0n) is 17.0. The Bertz CT molecular complexity index is 910. The summed E-state index contributed by atoms with van der Waals surface area (Å²) in [5, 5.41) is 0. The summed E-state index contributed by atoms with van der Waals surface area (Å²) in [6, 6.07) is 12.5. The molecule has 0 saturated carbocycles. The van der Waals surface area contributed by atoms with Crippen LogP contribution in [-0.2, 0) is 24.5 Å². The largest absolute Gasteiger partial charge is 0.300 e. The van der Waals surface area contributed by atoms with Gasteiger partial charge in [-0.3, -0.25) is 4.79 Å². The number of hydrogen-bond acceptors (Lipinski definition) is 5. The fraction of sp³-hybridized carbons (Fsp3) is 0.381. The first kappa shape index (κ1) is 24.0. The molecule has 0 aliphatic heterocycles. The van der Waals surface area contributed by atoms with Crippen LogP contribution >= 0.6 is 0 Å². The molecular formula is C21H28O5S2. The molecule has 0 amide bonds. The third-order valence-corrected chi connectivity index (χ3v) is 7.84. The van der Waals surface area contributed by atoms with Crippen LogP contribution in [0.5, 0.6) is 0 Å². The zero-order valence-corrected chi connectivity index (χ0v) is 18.6. The monoisotopic (exact) mass is 424 g/mol. The van der Waals surface area contributed by atoms with Crippen LogP contribution in [0.4, 0.5) is 0 Å². The first-order valence-electron chi connectivity index (χ1n) is 9.10. The van der Waals surface area contributed by atoms with E-state index in [1.165, 1.54) is 31.2 Å². The van der Waals surface area contributed by atoms with Crippen molar-refractivity contribution in [1.29, 1.82) is 0 Å². The lowest BCUT2D eigenvalue weighted by molar-refractivity contribution is -0.119. The lowest BCUT2D eigenvalue weighted by Gasteiger charge is -2.15. The molecule has 28 heavy (non-hydrogen) atoms. The third kappa shape index (κ3) is 6.56. The Hall–Kier alpha value is -1.99. The third-order valence-electron chi connectivity index (χ3n) is 4.18. The van der Waals surface area contributed by atoms with E-state index in [1.807, 2.05) is 27.7 Å². The molecule has 0 saturated heterocycles. The van der Waals surface area contributed by atoms with Gasteiger partial charge in [-0.1, -0.05) is 49.2 Å². The number of hydrogen-bond donors (Lipinski definition) is 0. The number of carbonyl (C=O) groups is 1. The van der Waals surface area contributed by atoms with Crippen LogP contribution in [0.15, 0.2) is 58.3 Å². The first-order chi connectivity index (χ1) is 13.0. The summed E-state index contributed by atoms with van der Waals surface area (Å²) in [5.41, 5.74) is 1.82. The molecule has 0 unspecified atom stereocenters. The van der Waals surface area contributed by atoms with Gasteiger partial charge < -0.3 is 0 Å². The summed E-state index contributed by atoms with van der Waals surface area (Å²) in [6.07, 6.45) is 0. The molecule has 2 aromatic carbocycles. The predicted molar refractivity (Wildman–Crippen MR) is 112 cm³/mol. The number of rotatable bonds is 7. The molecule has 154 valence electrons. The van der Waals surface area contributed by atoms with Gasteiger partial charge in [0.1, 0.15) is 5.78 Å². The fourth-order valence-corrected chi connectivity index (χ4v) is 5.90. The topological polar surface area (TPSA) is 85.3 Å². The molecule has 0 heterocycles. The van der Waals surface area contributed by atoms with Gasteiger partial charge >= 0.3 is 0 Å². The lowest BCUT2D eigenvalue weighted by Crippen LogP contribution is -2.29. The van der Waals surface area contributed by atoms with Gasteiger partial charge in [0, 0.05) is 5.92 Å². The molecule has 0 spiro atoms. The second kappa shape index (κ2) is 9.98. The van der Waals surface area contributed by atoms with Crippen molar-refractivity contribution in [3.05, 3.63) is 59.7 Å². The molecule has 0 fully saturated rings. The van der Waals surface area contributed by atoms with Crippen molar-refractivity contribution in [2.75, 3.05) is 11.5 Å². The van der Waals surface area contributed by atoms with E-state index < -0.39 is 42.9 Å². The predicted octanol–water partition coefficient (Wildman–Crippen LogP) is 3.78. The maximum Gasteiger partial charge on any atom is 0.179 e. The van der Waals surface area contributed by atoms with Crippen LogP contribution in [0.1, 0.15) is 31.9 Å². The van der Waals surface area contributed by atoms with E-state index in [4.69, 9.17) is 0 Å². The summed E-state index contributed by atoms with van der Waals surface area (Å²) in [5.74, 6) is -2.64. The Balaban J connectivity index is 0.00000190. The van der Waals surface area contributed by atoms with Gasteiger partial charge in [-0.15, -0.1) is 0 Å². The quantitative estimate of drug-likeness (QED) is 0.675. The van der Waals surface area contributed by atoms with Crippen molar-refractivity contribution in [2.24, 2.45) is 5.92 Å². The average molecular weight is 425 g/mol. The highest BCUT2D eigenvalue weighted by Gasteiger charge is 2.30. The van der Waals surface area contributed by atoms with Gasteiger partial charge in [-0.25, -0.2) is 16.8 Å². The molecule has 2 rings (SSSR count). The highest BCUT2D eigenvalue weighted by atomic mass is 32.2. The van der Waals surface area contributed by atoms with E-state index in [0.29, 0.717) is 0 Å². The summed E-state index contributed by atoms with van der Waals surface area (Å²) < 4.78 is 50.3. The molecule has 0 aromatic heterocycles. The van der Waals surface area contributed by atoms with E-state index in [-0.39, 0.29) is 9.79 Å². The van der Waals surface area contributed by atoms with E-state index in [9.17, 15) is 21.6 Å². The molecule has 0 N–H and O–H groups in total. The summed E-state index contributed by atoms with van der Waals surface area (Å²) >= 11 is 0. The molecule has 5 nitrogen and oxygen atoms in total. The number of Topliss-reactive ketones (excluding diaryl/α,β-unsaturated/α-hetero) is 1. The molecular weight excluding hydrogens is 396 g/mol. The van der Waals surface area contributed by atoms with E-state index in [1.54, 1.807) is 24.3 Å². The smallest absolute Gasteiger partial charge is 0.179 e. The lowest BCUT2D eigenvalue weighted by atomic mass is 10.1. The van der Waals surface area contributed by atoms with Crippen molar-refractivity contribution in [1.82, 2.24) is 0 Å². The standard InChI is InChI=1S/C19H22O5S2.C2H6/c1-14-4-8-18(9-5-14)25(21,22)12-17(16(3)20)13-26(23,24)19-10-6-15(2)7-11-19;1-2/h4-11,17H,12-13H2,1-3H3;1-2H3. The van der Waals surface area contributed by atoms with Crippen molar-refractivity contribution >= 4 is 25.5 Å². The zero-order chi connectivity index (χ0) is 21.5. The Morgan fingerprint density at radius 2 is 1.00 bits per heavy atom. The Kier molecular flexibility index (Phi) is 8.57. The second-order valence-corrected chi connectivity index (χ2v) is 10.6. The minimum atomic E-state index is -3.77. The molecule has 0 aliphatic rings. The Morgan fingerprint density at radius 3 is 1.25 bits per heavy atom. The highest BCUT2D eigenvalue weighted by Crippen LogP contribution is 2.20. The number of aryl methyl sites for hydroxylation is 2. The van der Waals surface area contributed by atoms with Crippen molar-refractivity contribution in [3.63, 3.8) is 0 Å². The average Bonchev–Trinajstić information content (AvgIpc) is 2.63. The second-order valence-electron chi connectivity index (χ2n) is 6.50. The Morgan fingerprint density at radius 1 is 0.714 bits per heavy atom. The van der Waals surface area contributed by atoms with E-state index in [0.717, 1.165) is 11.1 Å². The summed E-state index contributed by atoms with van der Waals surface area (Å²) in [4.78, 5) is 12.1. The van der Waals surface area contributed by atoms with Crippen LogP contribution in [0.3, 0.4) is 0 Å². The molecule has 2 aromatic rings. The molecule has 0 bridgehead atoms. The van der Waals surface area contributed by atoms with Gasteiger partial charge in [-0.05, 0) is 45.0 Å². The molecule has 0 atom stereocenters. The van der Waals surface area contributed by atoms with Crippen LogP contribution in [0.25, 0.3) is 0 Å². The summed E-state index contributed by atoms with van der Waals surface area (Å²) in [7, 11) is -7.54. The van der Waals surface area contributed by atoms with Crippen LogP contribution < -0.4 is 0 Å². The minimum Gasteiger partial charge on any atom is -0.300 e. The van der Waals surface area contributed by atoms with Gasteiger partial charge in [0.15, 0.2) is 19.7 Å². The summed E-state index contributed by atoms with van der Waals surface area (Å²) in [6.45, 7) is 8.89. The van der Waals surface area contributed by atoms with Crippen LogP contribution in [0.2, 0.25) is 0 Å². The van der Waals surface area contributed by atoms with Gasteiger partial charge in [0.25, 0.3) is 0 Å². The Labute approximate surface area is 168 Å². The van der Waals surface area contributed by atoms with Gasteiger partial charge in [-0.2, -0.15) is 0 Å². The molecule has 0 radical (unpaired) electrons. The van der Waals surface area contributed by atoms with E-state index in [2.05, 4.69) is 0 Å². The highest BCUT2D eigenvalue weighted by molar-refractivity contribution is 7.92. The van der Waals surface area contributed by atoms with Crippen LogP contribution in [-0.4, -0.2) is 34.1 Å². The van der Waals surface area contributed by atoms with Gasteiger partial charge in [0.05, 0.1) is 21.3 Å². The van der Waals surface area contributed by atoms with Crippen LogP contribution in [0, 0.1) is 19.8 Å². The minimum absolute atomic E-state index is 0.0853. The van der Waals surface area contributed by atoms with Gasteiger partial charge in [0.2, 0.25) is 0 Å². The van der Waals surface area contributed by atoms with Crippen molar-refractivity contribution in [3.8, 4) is 0 Å². The number of ketones is 1.